The van der Waals surface area contributed by atoms with Gasteiger partial charge in [0.2, 0.25) is 0 Å². The van der Waals surface area contributed by atoms with E-state index in [9.17, 15) is 4.79 Å². The van der Waals surface area contributed by atoms with Crippen molar-refractivity contribution in [3.63, 3.8) is 0 Å². The van der Waals surface area contributed by atoms with Crippen LogP contribution in [0.3, 0.4) is 0 Å². The van der Waals surface area contributed by atoms with Crippen LogP contribution in [0.4, 0.5) is 0 Å². The number of aliphatic carboxylic acids is 1. The van der Waals surface area contributed by atoms with Gasteiger partial charge in [0.25, 0.3) is 0 Å². The van der Waals surface area contributed by atoms with Gasteiger partial charge in [0.1, 0.15) is 0 Å². The van der Waals surface area contributed by atoms with Gasteiger partial charge < -0.3 is 10.2 Å². The second-order valence-corrected chi connectivity index (χ2v) is 4.29. The van der Waals surface area contributed by atoms with E-state index < -0.39 is 5.97 Å². The predicted molar refractivity (Wildman–Crippen MR) is 65.6 cm³/mol. The number of carbonyl (C=O) groups is 1. The lowest BCUT2D eigenvalue weighted by Gasteiger charge is -2.01. The molecule has 0 aromatic heterocycles. The molecule has 0 heterocycles. The van der Waals surface area contributed by atoms with Crippen molar-refractivity contribution in [3.05, 3.63) is 12.3 Å². The highest BCUT2D eigenvalue weighted by Crippen LogP contribution is 2.11. The largest absolute Gasteiger partial charge is 0.513 e. The molecule has 0 saturated heterocycles. The second kappa shape index (κ2) is 10.5. The number of hydrogen-bond donors (Lipinski definition) is 2. The third-order valence-electron chi connectivity index (χ3n) is 2.61. The lowest BCUT2D eigenvalue weighted by molar-refractivity contribution is -0.137. The smallest absolute Gasteiger partial charge is 0.303 e. The average Bonchev–Trinajstić information content (AvgIpc) is 2.20. The molecule has 0 saturated carbocycles. The first-order chi connectivity index (χ1) is 7.63. The number of unbranched alkanes of at least 4 members (excludes halogenated alkanes) is 7. The molecule has 0 aromatic rings. The molecule has 0 aliphatic heterocycles. The Bertz CT molecular complexity index is 177. The van der Waals surface area contributed by atoms with E-state index in [-0.39, 0.29) is 5.76 Å². The van der Waals surface area contributed by atoms with Gasteiger partial charge >= 0.3 is 5.97 Å². The quantitative estimate of drug-likeness (QED) is 0.414. The molecule has 94 valence electrons. The molecule has 0 fully saturated rings. The number of aliphatic hydroxyl groups is 1. The molecule has 0 bridgehead atoms. The highest BCUT2D eigenvalue weighted by atomic mass is 16.4. The molecule has 0 spiro atoms. The fourth-order valence-electron chi connectivity index (χ4n) is 1.67. The van der Waals surface area contributed by atoms with Gasteiger partial charge in [0.15, 0.2) is 0 Å². The first-order valence-corrected chi connectivity index (χ1v) is 6.21. The fraction of sp³-hybridized carbons (Fsp3) is 0.769. The van der Waals surface area contributed by atoms with Gasteiger partial charge in [0.05, 0.1) is 5.76 Å². The van der Waals surface area contributed by atoms with Crippen molar-refractivity contribution in [2.75, 3.05) is 0 Å². The maximum absolute atomic E-state index is 10.2. The van der Waals surface area contributed by atoms with Crippen molar-refractivity contribution in [2.45, 2.75) is 64.2 Å². The zero-order valence-electron chi connectivity index (χ0n) is 10.1. The minimum absolute atomic E-state index is 0.286. The van der Waals surface area contributed by atoms with Crippen LogP contribution in [0.2, 0.25) is 0 Å². The van der Waals surface area contributed by atoms with Crippen molar-refractivity contribution in [1.82, 2.24) is 0 Å². The minimum atomic E-state index is -0.691. The van der Waals surface area contributed by atoms with Crippen molar-refractivity contribution in [2.24, 2.45) is 0 Å². The van der Waals surface area contributed by atoms with Gasteiger partial charge in [-0.15, -0.1) is 0 Å². The third kappa shape index (κ3) is 13.0. The molecule has 0 rings (SSSR count). The van der Waals surface area contributed by atoms with Gasteiger partial charge in [-0.25, -0.2) is 0 Å². The van der Waals surface area contributed by atoms with E-state index in [2.05, 4.69) is 6.58 Å². The average molecular weight is 228 g/mol. The summed E-state index contributed by atoms with van der Waals surface area (Å²) in [7, 11) is 0. The molecule has 0 aromatic carbocycles. The summed E-state index contributed by atoms with van der Waals surface area (Å²) in [5, 5.41) is 17.3. The summed E-state index contributed by atoms with van der Waals surface area (Å²) < 4.78 is 0. The highest BCUT2D eigenvalue weighted by molar-refractivity contribution is 5.66. The van der Waals surface area contributed by atoms with Crippen LogP contribution in [-0.2, 0) is 4.79 Å². The summed E-state index contributed by atoms with van der Waals surface area (Å²) in [6.45, 7) is 3.44. The van der Waals surface area contributed by atoms with Gasteiger partial charge in [-0.3, -0.25) is 4.79 Å². The Hall–Kier alpha value is -0.990. The standard InChI is InChI=1S/C13H24O3/c1-12(14)10-8-6-4-2-3-5-7-9-11-13(15)16/h14H,1-11H2,(H,15,16). The second-order valence-electron chi connectivity index (χ2n) is 4.29. The lowest BCUT2D eigenvalue weighted by atomic mass is 10.1. The lowest BCUT2D eigenvalue weighted by Crippen LogP contribution is -1.93. The maximum atomic E-state index is 10.2. The van der Waals surface area contributed by atoms with E-state index in [4.69, 9.17) is 10.2 Å². The summed E-state index contributed by atoms with van der Waals surface area (Å²) in [5.41, 5.74) is 0. The molecule has 0 unspecified atom stereocenters. The first kappa shape index (κ1) is 15.0. The number of carboxylic acid groups (broad SMARTS) is 1. The molecule has 0 amide bonds. The Balaban J connectivity index is 2.98. The van der Waals surface area contributed by atoms with Crippen LogP contribution in [0.15, 0.2) is 12.3 Å². The molecule has 3 heteroatoms. The van der Waals surface area contributed by atoms with Crippen LogP contribution in [-0.4, -0.2) is 16.2 Å². The molecule has 0 aliphatic carbocycles. The normalized spacial score (nSPS) is 10.2. The Morgan fingerprint density at radius 1 is 0.750 bits per heavy atom. The molecule has 0 aliphatic rings. The van der Waals surface area contributed by atoms with E-state index in [1.54, 1.807) is 0 Å². The van der Waals surface area contributed by atoms with Crippen molar-refractivity contribution in [3.8, 4) is 0 Å². The highest BCUT2D eigenvalue weighted by Gasteiger charge is 1.96. The SMILES string of the molecule is C=C(O)CCCCCCCCCCC(=O)O. The zero-order chi connectivity index (χ0) is 12.2. The van der Waals surface area contributed by atoms with E-state index in [1.807, 2.05) is 0 Å². The summed E-state index contributed by atoms with van der Waals surface area (Å²) in [4.78, 5) is 10.2. The van der Waals surface area contributed by atoms with Crippen LogP contribution in [0.25, 0.3) is 0 Å². The van der Waals surface area contributed by atoms with Gasteiger partial charge in [-0.05, 0) is 12.8 Å². The monoisotopic (exact) mass is 228 g/mol. The molecular weight excluding hydrogens is 204 g/mol. The van der Waals surface area contributed by atoms with Gasteiger partial charge in [-0.2, -0.15) is 0 Å². The van der Waals surface area contributed by atoms with E-state index >= 15 is 0 Å². The molecule has 0 radical (unpaired) electrons. The van der Waals surface area contributed by atoms with Crippen molar-refractivity contribution < 1.29 is 15.0 Å². The third-order valence-corrected chi connectivity index (χ3v) is 2.61. The van der Waals surface area contributed by atoms with Crippen LogP contribution in [0, 0.1) is 0 Å². The number of hydrogen-bond acceptors (Lipinski definition) is 2. The number of allylic oxidation sites excluding steroid dienone is 1. The molecule has 16 heavy (non-hydrogen) atoms. The molecule has 0 atom stereocenters. The number of aliphatic hydroxyl groups excluding tert-OH is 1. The summed E-state index contributed by atoms with van der Waals surface area (Å²) in [6.07, 6.45) is 9.77. The topological polar surface area (TPSA) is 57.5 Å². The maximum Gasteiger partial charge on any atom is 0.303 e. The minimum Gasteiger partial charge on any atom is -0.513 e. The van der Waals surface area contributed by atoms with Crippen LogP contribution < -0.4 is 0 Å². The Morgan fingerprint density at radius 3 is 1.50 bits per heavy atom. The summed E-state index contributed by atoms with van der Waals surface area (Å²) in [5.74, 6) is -0.405. The Labute approximate surface area is 98.2 Å². The van der Waals surface area contributed by atoms with Crippen LogP contribution in [0.1, 0.15) is 64.2 Å². The molecule has 2 N–H and O–H groups in total. The Kier molecular flexibility index (Phi) is 9.87. The summed E-state index contributed by atoms with van der Waals surface area (Å²) >= 11 is 0. The predicted octanol–water partition coefficient (Wildman–Crippen LogP) is 4.04. The Morgan fingerprint density at radius 2 is 1.12 bits per heavy atom. The zero-order valence-corrected chi connectivity index (χ0v) is 10.1. The summed E-state index contributed by atoms with van der Waals surface area (Å²) in [6, 6.07) is 0. The van der Waals surface area contributed by atoms with Gasteiger partial charge in [0, 0.05) is 12.8 Å². The molecular formula is C13H24O3. The van der Waals surface area contributed by atoms with E-state index in [0.717, 1.165) is 38.5 Å². The van der Waals surface area contributed by atoms with Gasteiger partial charge in [-0.1, -0.05) is 45.1 Å². The first-order valence-electron chi connectivity index (χ1n) is 6.21. The number of rotatable bonds is 11. The van der Waals surface area contributed by atoms with Crippen LogP contribution in [0.5, 0.6) is 0 Å². The van der Waals surface area contributed by atoms with Crippen molar-refractivity contribution in [1.29, 1.82) is 0 Å². The molecule has 3 nitrogen and oxygen atoms in total. The number of carboxylic acids is 1. The van der Waals surface area contributed by atoms with Crippen LogP contribution >= 0.6 is 0 Å². The van der Waals surface area contributed by atoms with E-state index in [1.165, 1.54) is 19.3 Å². The van der Waals surface area contributed by atoms with Crippen molar-refractivity contribution >= 4 is 5.97 Å². The fourth-order valence-corrected chi connectivity index (χ4v) is 1.67. The van der Waals surface area contributed by atoms with E-state index in [0.29, 0.717) is 6.42 Å².